The van der Waals surface area contributed by atoms with Gasteiger partial charge in [-0.2, -0.15) is 0 Å². The topological polar surface area (TPSA) is 20.3 Å². The quantitative estimate of drug-likeness (QED) is 0.722. The number of hydrogen-bond donors (Lipinski definition) is 0. The number of likely N-dealkylation sites (tertiary alicyclic amines) is 1. The van der Waals surface area contributed by atoms with E-state index in [4.69, 9.17) is 0 Å². The van der Waals surface area contributed by atoms with Crippen LogP contribution >= 0.6 is 15.9 Å². The lowest BCUT2D eigenvalue weighted by atomic mass is 9.89. The van der Waals surface area contributed by atoms with Crippen LogP contribution in [0.3, 0.4) is 0 Å². The first-order valence-electron chi connectivity index (χ1n) is 7.89. The van der Waals surface area contributed by atoms with Gasteiger partial charge in [0.2, 0.25) is 0 Å². The fraction of sp³-hybridized carbons (Fsp3) is 0.316. The van der Waals surface area contributed by atoms with Crippen molar-refractivity contribution in [2.24, 2.45) is 5.92 Å². The second-order valence-corrected chi connectivity index (χ2v) is 6.87. The van der Waals surface area contributed by atoms with Gasteiger partial charge in [0.05, 0.1) is 0 Å². The number of carbonyl (C=O) groups is 1. The van der Waals surface area contributed by atoms with E-state index in [1.54, 1.807) is 0 Å². The fourth-order valence-corrected chi connectivity index (χ4v) is 3.56. The zero-order valence-electron chi connectivity index (χ0n) is 12.8. The van der Waals surface area contributed by atoms with E-state index in [-0.39, 0.29) is 17.5 Å². The Morgan fingerprint density at radius 1 is 1.13 bits per heavy atom. The summed E-state index contributed by atoms with van der Waals surface area (Å²) in [5.41, 5.74) is 1.89. The molecule has 4 heteroatoms. The molecule has 0 N–H and O–H groups in total. The van der Waals surface area contributed by atoms with E-state index in [2.05, 4.69) is 20.8 Å². The first-order valence-corrected chi connectivity index (χ1v) is 8.68. The van der Waals surface area contributed by atoms with E-state index in [9.17, 15) is 9.18 Å². The lowest BCUT2D eigenvalue weighted by molar-refractivity contribution is 0.0834. The van der Waals surface area contributed by atoms with Crippen LogP contribution in [0.2, 0.25) is 0 Å². The Kier molecular flexibility index (Phi) is 5.23. The summed E-state index contributed by atoms with van der Waals surface area (Å²) >= 11 is 3.42. The van der Waals surface area contributed by atoms with Gasteiger partial charge in [-0.1, -0.05) is 52.3 Å². The van der Waals surface area contributed by atoms with Crippen molar-refractivity contribution in [1.82, 2.24) is 4.90 Å². The monoisotopic (exact) mass is 375 g/mol. The van der Waals surface area contributed by atoms with Gasteiger partial charge >= 0.3 is 0 Å². The van der Waals surface area contributed by atoms with Crippen LogP contribution in [0.4, 0.5) is 4.39 Å². The van der Waals surface area contributed by atoms with Crippen molar-refractivity contribution in [2.75, 3.05) is 13.1 Å². The van der Waals surface area contributed by atoms with Crippen molar-refractivity contribution in [1.29, 1.82) is 0 Å². The summed E-state index contributed by atoms with van der Waals surface area (Å²) in [6.07, 6.45) is 1.76. The highest BCUT2D eigenvalue weighted by atomic mass is 79.9. The highest BCUT2D eigenvalue weighted by Gasteiger charge is 2.25. The molecule has 1 heterocycles. The lowest BCUT2D eigenvalue weighted by Gasteiger charge is -2.31. The predicted molar refractivity (Wildman–Crippen MR) is 92.9 cm³/mol. The van der Waals surface area contributed by atoms with Crippen LogP contribution in [0.25, 0.3) is 0 Å². The van der Waals surface area contributed by atoms with Crippen LogP contribution < -0.4 is 0 Å². The summed E-state index contributed by atoms with van der Waals surface area (Å²) in [5.74, 6) is 0.145. The summed E-state index contributed by atoms with van der Waals surface area (Å²) in [7, 11) is 0. The van der Waals surface area contributed by atoms with Crippen LogP contribution in [0.1, 0.15) is 28.8 Å². The molecular formula is C19H19BrFNO. The first-order chi connectivity index (χ1) is 11.1. The number of piperidine rings is 1. The maximum atomic E-state index is 13.1. The molecule has 1 aliphatic heterocycles. The molecule has 2 aromatic rings. The minimum Gasteiger partial charge on any atom is -0.299 e. The third-order valence-electron chi connectivity index (χ3n) is 4.43. The lowest BCUT2D eigenvalue weighted by Crippen LogP contribution is -2.36. The van der Waals surface area contributed by atoms with Gasteiger partial charge < -0.3 is 0 Å². The Bertz CT molecular complexity index is 681. The van der Waals surface area contributed by atoms with E-state index < -0.39 is 0 Å². The van der Waals surface area contributed by atoms with Gasteiger partial charge in [0.25, 0.3) is 0 Å². The molecular weight excluding hydrogens is 357 g/mol. The molecule has 0 radical (unpaired) electrons. The van der Waals surface area contributed by atoms with Crippen LogP contribution in [0, 0.1) is 11.7 Å². The Hall–Kier alpha value is -1.52. The van der Waals surface area contributed by atoms with E-state index in [1.807, 2.05) is 36.4 Å². The van der Waals surface area contributed by atoms with Crippen molar-refractivity contribution in [3.63, 3.8) is 0 Å². The molecule has 0 atom stereocenters. The van der Waals surface area contributed by atoms with Crippen molar-refractivity contribution >= 4 is 21.7 Å². The minimum absolute atomic E-state index is 0.116. The number of Topliss-reactive ketones (excluding diaryl/α,β-unsaturated/α-hetero) is 1. The third-order valence-corrected chi connectivity index (χ3v) is 5.16. The van der Waals surface area contributed by atoms with E-state index in [0.717, 1.165) is 48.1 Å². The van der Waals surface area contributed by atoms with Gasteiger partial charge in [-0.05, 0) is 43.6 Å². The van der Waals surface area contributed by atoms with Crippen molar-refractivity contribution in [3.05, 3.63) is 69.9 Å². The summed E-state index contributed by atoms with van der Waals surface area (Å²) in [5, 5.41) is 0. The van der Waals surface area contributed by atoms with Crippen molar-refractivity contribution < 1.29 is 9.18 Å². The molecule has 0 aromatic heterocycles. The highest BCUT2D eigenvalue weighted by molar-refractivity contribution is 9.10. The van der Waals surface area contributed by atoms with Gasteiger partial charge in [0.15, 0.2) is 5.78 Å². The second-order valence-electron chi connectivity index (χ2n) is 6.02. The van der Waals surface area contributed by atoms with E-state index in [0.29, 0.717) is 0 Å². The molecule has 120 valence electrons. The maximum absolute atomic E-state index is 13.1. The first kappa shape index (κ1) is 16.3. The number of carbonyl (C=O) groups excluding carboxylic acids is 1. The number of hydrogen-bond acceptors (Lipinski definition) is 2. The van der Waals surface area contributed by atoms with Crippen LogP contribution in [0.5, 0.6) is 0 Å². The van der Waals surface area contributed by atoms with Gasteiger partial charge in [-0.3, -0.25) is 9.69 Å². The summed E-state index contributed by atoms with van der Waals surface area (Å²) in [6, 6.07) is 14.4. The van der Waals surface area contributed by atoms with Gasteiger partial charge in [0.1, 0.15) is 5.82 Å². The zero-order valence-corrected chi connectivity index (χ0v) is 14.4. The SMILES string of the molecule is O=C(c1ccccc1)C1CCN(Cc2ccc(F)cc2Br)CC1. The summed E-state index contributed by atoms with van der Waals surface area (Å²) in [4.78, 5) is 14.8. The molecule has 3 rings (SSSR count). The van der Waals surface area contributed by atoms with Gasteiger partial charge in [-0.25, -0.2) is 4.39 Å². The smallest absolute Gasteiger partial charge is 0.166 e. The molecule has 0 spiro atoms. The average Bonchev–Trinajstić information content (AvgIpc) is 2.58. The summed E-state index contributed by atoms with van der Waals surface area (Å²) in [6.45, 7) is 2.58. The molecule has 23 heavy (non-hydrogen) atoms. The fourth-order valence-electron chi connectivity index (χ4n) is 3.08. The van der Waals surface area contributed by atoms with Crippen molar-refractivity contribution in [3.8, 4) is 0 Å². The molecule has 0 saturated carbocycles. The number of nitrogens with zero attached hydrogens (tertiary/aromatic N) is 1. The van der Waals surface area contributed by atoms with Crippen LogP contribution in [-0.2, 0) is 6.54 Å². The molecule has 0 amide bonds. The van der Waals surface area contributed by atoms with Gasteiger partial charge in [-0.15, -0.1) is 0 Å². The van der Waals surface area contributed by atoms with Gasteiger partial charge in [0, 0.05) is 22.5 Å². The number of ketones is 1. The van der Waals surface area contributed by atoms with Crippen LogP contribution in [0.15, 0.2) is 53.0 Å². The molecule has 0 aliphatic carbocycles. The Balaban J connectivity index is 1.57. The minimum atomic E-state index is -0.229. The molecule has 1 aliphatic rings. The Morgan fingerprint density at radius 3 is 2.48 bits per heavy atom. The zero-order chi connectivity index (χ0) is 16.2. The number of benzene rings is 2. The molecule has 2 nitrogen and oxygen atoms in total. The second kappa shape index (κ2) is 7.37. The Morgan fingerprint density at radius 2 is 1.83 bits per heavy atom. The predicted octanol–water partition coefficient (Wildman–Crippen LogP) is 4.68. The standard InChI is InChI=1S/C19H19BrFNO/c20-18-12-17(21)7-6-16(18)13-22-10-8-15(9-11-22)19(23)14-4-2-1-3-5-14/h1-7,12,15H,8-11,13H2. The summed E-state index contributed by atoms with van der Waals surface area (Å²) < 4.78 is 14.0. The normalized spacial score (nSPS) is 16.4. The van der Waals surface area contributed by atoms with Crippen LogP contribution in [-0.4, -0.2) is 23.8 Å². The molecule has 2 aromatic carbocycles. The molecule has 0 unspecified atom stereocenters. The highest BCUT2D eigenvalue weighted by Crippen LogP contribution is 2.25. The number of rotatable bonds is 4. The average molecular weight is 376 g/mol. The van der Waals surface area contributed by atoms with E-state index in [1.165, 1.54) is 12.1 Å². The maximum Gasteiger partial charge on any atom is 0.166 e. The Labute approximate surface area is 144 Å². The molecule has 1 saturated heterocycles. The molecule has 1 fully saturated rings. The molecule has 0 bridgehead atoms. The third kappa shape index (κ3) is 4.06. The van der Waals surface area contributed by atoms with E-state index >= 15 is 0 Å². The largest absolute Gasteiger partial charge is 0.299 e. The number of halogens is 2. The van der Waals surface area contributed by atoms with Crippen molar-refractivity contribution in [2.45, 2.75) is 19.4 Å².